The molecular weight excluding hydrogens is 802 g/mol. The summed E-state index contributed by atoms with van der Waals surface area (Å²) in [7, 11) is -4.84. The second kappa shape index (κ2) is 19.1. The van der Waals surface area contributed by atoms with Crippen molar-refractivity contribution in [3.05, 3.63) is 142 Å². The Labute approximate surface area is 380 Å². The zero-order chi connectivity index (χ0) is 42.0. The number of ether oxygens (including phenoxy) is 2. The van der Waals surface area contributed by atoms with E-state index in [0.29, 0.717) is 55.4 Å². The number of nitrogens with zero attached hydrogens (tertiary/aromatic N) is 1. The predicted octanol–water partition coefficient (Wildman–Crippen LogP) is 2.93. The molecule has 8 bridgehead atoms. The van der Waals surface area contributed by atoms with Crippen LogP contribution in [0.15, 0.2) is 114 Å². The number of aliphatic hydroxyl groups is 2. The molecule has 1 aliphatic carbocycles. The Bertz CT molecular complexity index is 2400. The number of benzene rings is 4. The molecule has 0 amide bonds. The van der Waals surface area contributed by atoms with E-state index in [1.54, 1.807) is 24.3 Å². The Balaban J connectivity index is 0.00000561. The smallest absolute Gasteiger partial charge is 0.748 e. The van der Waals surface area contributed by atoms with Gasteiger partial charge in [-0.3, -0.25) is 0 Å². The summed E-state index contributed by atoms with van der Waals surface area (Å²) in [4.78, 5) is 4.78. The summed E-state index contributed by atoms with van der Waals surface area (Å²) < 4.78 is 54.6. The fourth-order valence-corrected chi connectivity index (χ4v) is 11.1. The van der Waals surface area contributed by atoms with Gasteiger partial charge in [0.15, 0.2) is 5.96 Å². The van der Waals surface area contributed by atoms with Crippen LogP contribution in [0.4, 0.5) is 0 Å². The van der Waals surface area contributed by atoms with Gasteiger partial charge in [0.2, 0.25) is 5.72 Å². The van der Waals surface area contributed by atoms with E-state index in [1.807, 2.05) is 78.9 Å². The van der Waals surface area contributed by atoms with Crippen molar-refractivity contribution in [2.24, 2.45) is 40.1 Å². The van der Waals surface area contributed by atoms with Gasteiger partial charge in [-0.15, -0.1) is 0 Å². The van der Waals surface area contributed by atoms with Crippen LogP contribution in [-0.2, 0) is 33.4 Å². The van der Waals surface area contributed by atoms with Gasteiger partial charge in [-0.05, 0) is 115 Å². The maximum absolute atomic E-state index is 13.6. The van der Waals surface area contributed by atoms with Gasteiger partial charge in [0.05, 0.1) is 21.5 Å². The zero-order valence-corrected chi connectivity index (χ0v) is 37.2. The number of aryl methyl sites for hydroxylation is 1. The number of fused-ring (bicyclic) bond motifs is 7. The largest absolute Gasteiger partial charge is 1.00 e. The van der Waals surface area contributed by atoms with Gasteiger partial charge in [0.1, 0.15) is 17.6 Å². The Morgan fingerprint density at radius 1 is 0.984 bits per heavy atom. The molecule has 4 aromatic carbocycles. The molecule has 4 aromatic rings. The maximum atomic E-state index is 13.6. The molecule has 9 atom stereocenters. The molecule has 1 saturated heterocycles. The summed E-state index contributed by atoms with van der Waals surface area (Å²) in [5.41, 5.74) is 16.5. The topological polar surface area (TPSA) is 201 Å². The van der Waals surface area contributed by atoms with Crippen molar-refractivity contribution >= 4 is 16.1 Å². The predicted molar refractivity (Wildman–Crippen MR) is 228 cm³/mol. The number of allylic oxidation sites excluding steroid dienone is 1. The average Bonchev–Trinajstić information content (AvgIpc) is 3.36. The van der Waals surface area contributed by atoms with Crippen LogP contribution in [0, 0.1) is 35.5 Å². The molecule has 7 N–H and O–H groups in total. The number of hydrogen-bond acceptors (Lipinski definition) is 9. The third-order valence-corrected chi connectivity index (χ3v) is 14.1. The first-order valence-electron chi connectivity index (χ1n) is 20.8. The van der Waals surface area contributed by atoms with E-state index in [9.17, 15) is 28.3 Å². The third kappa shape index (κ3) is 10.1. The number of hydrogen-bond donors (Lipinski definition) is 5. The molecule has 1 fully saturated rings. The second-order valence-electron chi connectivity index (χ2n) is 16.9. The summed E-state index contributed by atoms with van der Waals surface area (Å²) in [5.74, 6) is 5.05. The van der Waals surface area contributed by atoms with Crippen LogP contribution in [0.5, 0.6) is 11.5 Å². The van der Waals surface area contributed by atoms with Crippen molar-refractivity contribution in [2.75, 3.05) is 13.2 Å². The standard InChI is InChI=1S/C48H53N3O8S.Na/c49-47(50)51-48(27-33(29-53)21-31-5-2-1-3-6-31)38-14-12-34(13-15-38)45-36-23-37(26-43(45)44(60(55,56)57)20-11-30-9-17-40(59-48)18-10-30)46-42-19-16-39(54)24-35(42)8-4-7-32(28-52)22-41(25-36)58-46;/h1-3,5-6,9-10,12-19,24,26,32-33,36,41,43-46,52-54H,7,11,20-23,25,27-29H2,(H4,49,50,51)(H,55,56,57);/q;+1/p-1/t32-,33+,36+,41-,43+,44+,45+,46+,48-;/m0./s1. The third-order valence-electron chi connectivity index (χ3n) is 12.8. The minimum atomic E-state index is -4.84. The molecule has 6 aliphatic heterocycles. The first-order chi connectivity index (χ1) is 28.9. The quantitative estimate of drug-likeness (QED) is 0.0439. The first kappa shape index (κ1) is 44.9. The SMILES string of the molecule is NC(N)=N[C@@]1(C[C@H](CO)Cc2ccccc2)Oc2ccc(cc2)CC[C@@H](S(=O)(=O)[O-])[C@H]2C=C3C[C@H](C[C@@H]4C[C@@H](CO)CC#Cc5cc(O)ccc5[C@@H]3O4)[C@H]2c2ccc1cc2.[Na+]. The van der Waals surface area contributed by atoms with Gasteiger partial charge in [-0.1, -0.05) is 90.7 Å². The van der Waals surface area contributed by atoms with E-state index in [-0.39, 0.29) is 91.2 Å². The van der Waals surface area contributed by atoms with E-state index < -0.39 is 39.0 Å². The minimum absolute atomic E-state index is 0. The minimum Gasteiger partial charge on any atom is -0.748 e. The molecule has 0 aromatic heterocycles. The molecule has 0 unspecified atom stereocenters. The van der Waals surface area contributed by atoms with E-state index in [0.717, 1.165) is 27.8 Å². The Hall–Kier alpha value is -4.16. The fourth-order valence-electron chi connectivity index (χ4n) is 10.1. The van der Waals surface area contributed by atoms with Crippen LogP contribution in [0.1, 0.15) is 83.9 Å². The summed E-state index contributed by atoms with van der Waals surface area (Å²) >= 11 is 0. The van der Waals surface area contributed by atoms with Gasteiger partial charge in [-0.2, -0.15) is 0 Å². The Morgan fingerprint density at radius 3 is 2.43 bits per heavy atom. The molecular formula is C48H52N3NaO8S. The number of aliphatic imine (C=N–C) groups is 1. The van der Waals surface area contributed by atoms with Crippen LogP contribution < -0.4 is 45.8 Å². The van der Waals surface area contributed by atoms with Gasteiger partial charge < -0.3 is 40.8 Å². The summed E-state index contributed by atoms with van der Waals surface area (Å²) in [6, 6.07) is 29.9. The molecule has 6 heterocycles. The average molecular weight is 854 g/mol. The van der Waals surface area contributed by atoms with Crippen LogP contribution in [-0.4, -0.2) is 58.8 Å². The van der Waals surface area contributed by atoms with E-state index in [2.05, 4.69) is 11.8 Å². The van der Waals surface area contributed by atoms with Gasteiger partial charge in [0.25, 0.3) is 0 Å². The number of nitrogens with two attached hydrogens (primary N) is 2. The van der Waals surface area contributed by atoms with Gasteiger partial charge in [-0.25, -0.2) is 13.4 Å². The van der Waals surface area contributed by atoms with Crippen LogP contribution in [0.2, 0.25) is 0 Å². The maximum Gasteiger partial charge on any atom is 1.00 e. The number of rotatable bonds is 8. The zero-order valence-electron chi connectivity index (χ0n) is 34.4. The van der Waals surface area contributed by atoms with Crippen molar-refractivity contribution in [1.82, 2.24) is 0 Å². The van der Waals surface area contributed by atoms with Crippen molar-refractivity contribution in [1.29, 1.82) is 0 Å². The first-order valence-corrected chi connectivity index (χ1v) is 22.3. The molecule has 11 rings (SSSR count). The summed E-state index contributed by atoms with van der Waals surface area (Å²) in [6.45, 7) is -0.228. The molecule has 0 saturated carbocycles. The molecule has 13 heteroatoms. The van der Waals surface area contributed by atoms with Crippen molar-refractivity contribution < 1.29 is 67.3 Å². The Kier molecular flexibility index (Phi) is 14.0. The van der Waals surface area contributed by atoms with Crippen LogP contribution in [0.3, 0.4) is 0 Å². The monoisotopic (exact) mass is 853 g/mol. The number of aromatic hydroxyl groups is 1. The van der Waals surface area contributed by atoms with Crippen molar-refractivity contribution in [3.8, 4) is 23.3 Å². The van der Waals surface area contributed by atoms with E-state index in [4.69, 9.17) is 25.9 Å². The summed E-state index contributed by atoms with van der Waals surface area (Å²) in [6.07, 6.45) is 4.36. The molecule has 61 heavy (non-hydrogen) atoms. The Morgan fingerprint density at radius 2 is 1.74 bits per heavy atom. The molecule has 314 valence electrons. The molecule has 7 aliphatic rings. The number of aliphatic hydroxyl groups excluding tert-OH is 2. The molecule has 11 nitrogen and oxygen atoms in total. The number of phenols is 1. The second-order valence-corrected chi connectivity index (χ2v) is 18.5. The normalized spacial score (nSPS) is 27.3. The van der Waals surface area contributed by atoms with Gasteiger partial charge in [0, 0.05) is 42.7 Å². The molecule has 0 spiro atoms. The summed E-state index contributed by atoms with van der Waals surface area (Å²) in [5, 5.41) is 30.4. The number of guanidine groups is 1. The van der Waals surface area contributed by atoms with Gasteiger partial charge >= 0.3 is 29.6 Å². The van der Waals surface area contributed by atoms with E-state index in [1.165, 1.54) is 0 Å². The number of phenolic OH excluding ortho intramolecular Hbond substituents is 1. The van der Waals surface area contributed by atoms with Crippen LogP contribution in [0.25, 0.3) is 0 Å². The van der Waals surface area contributed by atoms with E-state index >= 15 is 0 Å². The van der Waals surface area contributed by atoms with Crippen molar-refractivity contribution in [2.45, 2.75) is 80.5 Å². The fraction of sp³-hybridized carbons (Fsp3) is 0.396. The van der Waals surface area contributed by atoms with Crippen LogP contribution >= 0.6 is 0 Å². The van der Waals surface area contributed by atoms with Crippen molar-refractivity contribution in [3.63, 3.8) is 0 Å². The molecule has 0 radical (unpaired) electrons.